The van der Waals surface area contributed by atoms with Crippen LogP contribution in [0.2, 0.25) is 0 Å². The minimum atomic E-state index is -0.191. The molecule has 29 heavy (non-hydrogen) atoms. The number of amides is 1. The summed E-state index contributed by atoms with van der Waals surface area (Å²) in [6.45, 7) is 0. The topological polar surface area (TPSA) is 70.2 Å². The smallest absolute Gasteiger partial charge is 0.255 e. The second-order valence-electron chi connectivity index (χ2n) is 6.83. The molecule has 2 N–H and O–H groups in total. The Labute approximate surface area is 169 Å². The Morgan fingerprint density at radius 2 is 1.69 bits per heavy atom. The van der Waals surface area contributed by atoms with Crippen molar-refractivity contribution in [3.63, 3.8) is 0 Å². The van der Waals surface area contributed by atoms with Crippen LogP contribution in [0.1, 0.15) is 10.4 Å². The Morgan fingerprint density at radius 3 is 2.48 bits per heavy atom. The monoisotopic (exact) mass is 383 g/mol. The number of nitrogens with one attached hydrogen (secondary N) is 2. The van der Waals surface area contributed by atoms with Gasteiger partial charge < -0.3 is 15.5 Å². The third-order valence-electron chi connectivity index (χ3n) is 4.56. The van der Waals surface area contributed by atoms with Gasteiger partial charge in [-0.15, -0.1) is 0 Å². The molecule has 4 aromatic rings. The van der Waals surface area contributed by atoms with Gasteiger partial charge in [0.2, 0.25) is 0 Å². The summed E-state index contributed by atoms with van der Waals surface area (Å²) in [6.07, 6.45) is 3.37. The van der Waals surface area contributed by atoms with Crippen molar-refractivity contribution in [2.45, 2.75) is 0 Å². The molecule has 0 radical (unpaired) electrons. The first-order chi connectivity index (χ1) is 14.1. The van der Waals surface area contributed by atoms with Crippen LogP contribution in [0.25, 0.3) is 10.9 Å². The summed E-state index contributed by atoms with van der Waals surface area (Å²) < 4.78 is 0. The van der Waals surface area contributed by atoms with E-state index >= 15 is 0 Å². The van der Waals surface area contributed by atoms with Gasteiger partial charge in [0, 0.05) is 48.8 Å². The number of carbonyl (C=O) groups excluding carboxylic acids is 1. The normalized spacial score (nSPS) is 10.6. The average molecular weight is 383 g/mol. The van der Waals surface area contributed by atoms with Crippen molar-refractivity contribution in [3.05, 3.63) is 84.7 Å². The van der Waals surface area contributed by atoms with Gasteiger partial charge in [-0.25, -0.2) is 4.98 Å². The minimum Gasteiger partial charge on any atom is -0.378 e. The van der Waals surface area contributed by atoms with E-state index in [1.54, 1.807) is 24.5 Å². The maximum atomic E-state index is 12.7. The maximum absolute atomic E-state index is 12.7. The third-order valence-corrected chi connectivity index (χ3v) is 4.56. The molecule has 0 saturated heterocycles. The number of nitrogens with zero attached hydrogens (tertiary/aromatic N) is 3. The number of pyridine rings is 2. The highest BCUT2D eigenvalue weighted by Gasteiger charge is 2.09. The number of fused-ring (bicyclic) bond motifs is 1. The molecule has 6 nitrogen and oxygen atoms in total. The molecule has 2 aromatic carbocycles. The Balaban J connectivity index is 1.53. The molecule has 2 heterocycles. The molecule has 0 saturated carbocycles. The maximum Gasteiger partial charge on any atom is 0.255 e. The van der Waals surface area contributed by atoms with Gasteiger partial charge >= 0.3 is 0 Å². The summed E-state index contributed by atoms with van der Waals surface area (Å²) in [7, 11) is 3.95. The van der Waals surface area contributed by atoms with Crippen LogP contribution in [0.4, 0.5) is 22.9 Å². The number of anilines is 4. The van der Waals surface area contributed by atoms with Crippen LogP contribution in [0.3, 0.4) is 0 Å². The van der Waals surface area contributed by atoms with Crippen molar-refractivity contribution >= 4 is 39.7 Å². The van der Waals surface area contributed by atoms with Gasteiger partial charge in [-0.3, -0.25) is 9.78 Å². The van der Waals surface area contributed by atoms with E-state index in [-0.39, 0.29) is 5.91 Å². The standard InChI is InChI=1S/C23H21N5O/c1-28(2)19-10-8-18(9-11-19)26-23(29)17-12-14-24-21(15-17)27-20-7-3-5-16-6-4-13-25-22(16)20/h3-15H,1-2H3,(H,24,27)(H,26,29). The number of para-hydroxylation sites is 1. The Kier molecular flexibility index (Phi) is 5.07. The predicted octanol–water partition coefficient (Wildman–Crippen LogP) is 4.69. The van der Waals surface area contributed by atoms with Crippen LogP contribution in [-0.2, 0) is 0 Å². The number of carbonyl (C=O) groups is 1. The Bertz CT molecular complexity index is 1150. The number of hydrogen-bond acceptors (Lipinski definition) is 5. The largest absolute Gasteiger partial charge is 0.378 e. The molecule has 4 rings (SSSR count). The molecule has 0 fully saturated rings. The first-order valence-corrected chi connectivity index (χ1v) is 9.26. The first-order valence-electron chi connectivity index (χ1n) is 9.26. The number of hydrogen-bond donors (Lipinski definition) is 2. The summed E-state index contributed by atoms with van der Waals surface area (Å²) in [6, 6.07) is 20.9. The van der Waals surface area contributed by atoms with E-state index in [1.165, 1.54) is 0 Å². The van der Waals surface area contributed by atoms with Gasteiger partial charge in [0.25, 0.3) is 5.91 Å². The van der Waals surface area contributed by atoms with Crippen molar-refractivity contribution in [1.29, 1.82) is 0 Å². The molecule has 144 valence electrons. The zero-order valence-corrected chi connectivity index (χ0v) is 16.3. The fourth-order valence-corrected chi connectivity index (χ4v) is 3.03. The molecule has 0 aliphatic carbocycles. The molecule has 0 aliphatic heterocycles. The van der Waals surface area contributed by atoms with E-state index in [1.807, 2.05) is 73.6 Å². The second-order valence-corrected chi connectivity index (χ2v) is 6.83. The summed E-state index contributed by atoms with van der Waals surface area (Å²) in [5.74, 6) is 0.392. The Hall–Kier alpha value is -3.93. The van der Waals surface area contributed by atoms with E-state index < -0.39 is 0 Å². The summed E-state index contributed by atoms with van der Waals surface area (Å²) in [5, 5.41) is 7.22. The van der Waals surface area contributed by atoms with Crippen LogP contribution < -0.4 is 15.5 Å². The highest BCUT2D eigenvalue weighted by Crippen LogP contribution is 2.24. The molecule has 0 bridgehead atoms. The van der Waals surface area contributed by atoms with Gasteiger partial charge in [0.1, 0.15) is 5.82 Å². The van der Waals surface area contributed by atoms with E-state index in [9.17, 15) is 4.79 Å². The number of rotatable bonds is 5. The average Bonchev–Trinajstić information content (AvgIpc) is 2.74. The highest BCUT2D eigenvalue weighted by atomic mass is 16.1. The molecule has 2 aromatic heterocycles. The molecule has 0 spiro atoms. The fraction of sp³-hybridized carbons (Fsp3) is 0.0870. The molecular weight excluding hydrogens is 362 g/mol. The SMILES string of the molecule is CN(C)c1ccc(NC(=O)c2ccnc(Nc3cccc4cccnc34)c2)cc1. The predicted molar refractivity (Wildman–Crippen MR) is 118 cm³/mol. The van der Waals surface area contributed by atoms with Crippen molar-refractivity contribution in [1.82, 2.24) is 9.97 Å². The van der Waals surface area contributed by atoms with Gasteiger partial charge in [-0.2, -0.15) is 0 Å². The van der Waals surface area contributed by atoms with Gasteiger partial charge in [0.15, 0.2) is 0 Å². The Morgan fingerprint density at radius 1 is 0.897 bits per heavy atom. The highest BCUT2D eigenvalue weighted by molar-refractivity contribution is 6.05. The second kappa shape index (κ2) is 7.98. The van der Waals surface area contributed by atoms with Crippen molar-refractivity contribution in [2.75, 3.05) is 29.6 Å². The van der Waals surface area contributed by atoms with Crippen molar-refractivity contribution in [3.8, 4) is 0 Å². The summed E-state index contributed by atoms with van der Waals surface area (Å²) >= 11 is 0. The van der Waals surface area contributed by atoms with Gasteiger partial charge in [-0.05, 0) is 48.5 Å². The van der Waals surface area contributed by atoms with E-state index in [4.69, 9.17) is 0 Å². The first kappa shape index (κ1) is 18.4. The summed E-state index contributed by atoms with van der Waals surface area (Å²) in [4.78, 5) is 23.4. The minimum absolute atomic E-state index is 0.191. The molecule has 0 atom stereocenters. The molecule has 0 aliphatic rings. The zero-order chi connectivity index (χ0) is 20.2. The van der Waals surface area contributed by atoms with Crippen molar-refractivity contribution < 1.29 is 4.79 Å². The van der Waals surface area contributed by atoms with Crippen LogP contribution in [-0.4, -0.2) is 30.0 Å². The quantitative estimate of drug-likeness (QED) is 0.523. The number of aromatic nitrogens is 2. The third kappa shape index (κ3) is 4.16. The van der Waals surface area contributed by atoms with E-state index in [2.05, 4.69) is 20.6 Å². The molecular formula is C23H21N5O. The lowest BCUT2D eigenvalue weighted by atomic mass is 10.2. The van der Waals surface area contributed by atoms with Crippen LogP contribution in [0.15, 0.2) is 79.1 Å². The molecule has 0 unspecified atom stereocenters. The molecule has 1 amide bonds. The summed E-state index contributed by atoms with van der Waals surface area (Å²) in [5.41, 5.74) is 4.03. The fourth-order valence-electron chi connectivity index (χ4n) is 3.03. The van der Waals surface area contributed by atoms with Gasteiger partial charge in [0.05, 0.1) is 11.2 Å². The lowest BCUT2D eigenvalue weighted by Crippen LogP contribution is -2.13. The lowest BCUT2D eigenvalue weighted by Gasteiger charge is -2.13. The van der Waals surface area contributed by atoms with Crippen LogP contribution in [0.5, 0.6) is 0 Å². The van der Waals surface area contributed by atoms with Crippen LogP contribution in [0, 0.1) is 0 Å². The van der Waals surface area contributed by atoms with Crippen LogP contribution >= 0.6 is 0 Å². The lowest BCUT2D eigenvalue weighted by molar-refractivity contribution is 0.102. The van der Waals surface area contributed by atoms with Crippen molar-refractivity contribution in [2.24, 2.45) is 0 Å². The zero-order valence-electron chi connectivity index (χ0n) is 16.3. The number of benzene rings is 2. The van der Waals surface area contributed by atoms with E-state index in [0.29, 0.717) is 11.4 Å². The van der Waals surface area contributed by atoms with E-state index in [0.717, 1.165) is 28.0 Å². The molecule has 6 heteroatoms. The van der Waals surface area contributed by atoms with Gasteiger partial charge in [-0.1, -0.05) is 18.2 Å².